The van der Waals surface area contributed by atoms with Crippen molar-refractivity contribution >= 4 is 11.4 Å². The fourth-order valence-corrected chi connectivity index (χ4v) is 2.53. The van der Waals surface area contributed by atoms with Crippen LogP contribution in [0.4, 0.5) is 11.4 Å². The van der Waals surface area contributed by atoms with E-state index in [1.165, 1.54) is 36.0 Å². The van der Waals surface area contributed by atoms with Crippen molar-refractivity contribution in [3.8, 4) is 0 Å². The molecule has 4 N–H and O–H groups in total. The van der Waals surface area contributed by atoms with E-state index in [1.54, 1.807) is 0 Å². The maximum Gasteiger partial charge on any atom is 0.0402 e. The van der Waals surface area contributed by atoms with Gasteiger partial charge in [-0.05, 0) is 48.3 Å². The number of anilines is 2. The number of hydrogen-bond donors (Lipinski definition) is 2. The predicted octanol–water partition coefficient (Wildman–Crippen LogP) is 4.66. The van der Waals surface area contributed by atoms with E-state index in [0.29, 0.717) is 5.92 Å². The Labute approximate surface area is 118 Å². The van der Waals surface area contributed by atoms with E-state index in [1.807, 2.05) is 0 Å². The third kappa shape index (κ3) is 3.89. The first-order valence-electron chi connectivity index (χ1n) is 7.72. The molecule has 0 amide bonds. The van der Waals surface area contributed by atoms with Gasteiger partial charge < -0.3 is 11.5 Å². The number of unbranched alkanes of at least 4 members (excludes halogenated alkanes) is 2. The van der Waals surface area contributed by atoms with Gasteiger partial charge >= 0.3 is 0 Å². The van der Waals surface area contributed by atoms with Crippen molar-refractivity contribution < 1.29 is 0 Å². The van der Waals surface area contributed by atoms with Crippen LogP contribution in [0.1, 0.15) is 76.0 Å². The SMILES string of the molecule is CCCCc1cc(C(C)C)c(N)c(CCCC)c1N. The van der Waals surface area contributed by atoms with Crippen LogP contribution in [-0.2, 0) is 12.8 Å². The van der Waals surface area contributed by atoms with E-state index < -0.39 is 0 Å². The van der Waals surface area contributed by atoms with Gasteiger partial charge in [-0.1, -0.05) is 46.6 Å². The summed E-state index contributed by atoms with van der Waals surface area (Å²) in [7, 11) is 0. The first-order chi connectivity index (χ1) is 9.02. The first kappa shape index (κ1) is 15.9. The minimum Gasteiger partial charge on any atom is -0.398 e. The van der Waals surface area contributed by atoms with Gasteiger partial charge in [-0.15, -0.1) is 0 Å². The molecule has 0 atom stereocenters. The lowest BCUT2D eigenvalue weighted by molar-refractivity contribution is 0.776. The molecular formula is C17H30N2. The van der Waals surface area contributed by atoms with Crippen LogP contribution >= 0.6 is 0 Å². The highest BCUT2D eigenvalue weighted by Gasteiger charge is 2.15. The number of nitrogen functional groups attached to an aromatic ring is 2. The zero-order chi connectivity index (χ0) is 14.4. The lowest BCUT2D eigenvalue weighted by Gasteiger charge is -2.20. The molecule has 108 valence electrons. The standard InChI is InChI=1S/C17H30N2/c1-5-7-9-13-11-15(12(3)4)17(19)14(16(13)18)10-8-6-2/h11-12H,5-10,18-19H2,1-4H3. The van der Waals surface area contributed by atoms with Crippen LogP contribution in [0.3, 0.4) is 0 Å². The molecule has 0 aliphatic carbocycles. The van der Waals surface area contributed by atoms with Gasteiger partial charge in [-0.25, -0.2) is 0 Å². The molecule has 0 heterocycles. The zero-order valence-electron chi connectivity index (χ0n) is 13.1. The number of aryl methyl sites for hydroxylation is 1. The summed E-state index contributed by atoms with van der Waals surface area (Å²) in [4.78, 5) is 0. The molecule has 1 aromatic carbocycles. The Morgan fingerprint density at radius 3 is 2.05 bits per heavy atom. The number of hydrogen-bond acceptors (Lipinski definition) is 2. The average Bonchev–Trinajstić information content (AvgIpc) is 2.37. The molecule has 0 aromatic heterocycles. The molecule has 1 aromatic rings. The third-order valence-corrected chi connectivity index (χ3v) is 3.84. The highest BCUT2D eigenvalue weighted by molar-refractivity contribution is 5.69. The Hall–Kier alpha value is -1.18. The molecule has 2 heteroatoms. The summed E-state index contributed by atoms with van der Waals surface area (Å²) in [6.07, 6.45) is 6.80. The summed E-state index contributed by atoms with van der Waals surface area (Å²) in [6, 6.07) is 2.24. The summed E-state index contributed by atoms with van der Waals surface area (Å²) < 4.78 is 0. The summed E-state index contributed by atoms with van der Waals surface area (Å²) in [6.45, 7) is 8.83. The number of rotatable bonds is 7. The van der Waals surface area contributed by atoms with Gasteiger partial charge in [0.15, 0.2) is 0 Å². The normalized spacial score (nSPS) is 11.2. The van der Waals surface area contributed by atoms with Crippen LogP contribution in [0.25, 0.3) is 0 Å². The highest BCUT2D eigenvalue weighted by atomic mass is 14.6. The summed E-state index contributed by atoms with van der Waals surface area (Å²) >= 11 is 0. The summed E-state index contributed by atoms with van der Waals surface area (Å²) in [5.74, 6) is 0.460. The van der Waals surface area contributed by atoms with Crippen molar-refractivity contribution in [2.45, 2.75) is 72.1 Å². The number of nitrogens with two attached hydrogens (primary N) is 2. The van der Waals surface area contributed by atoms with Gasteiger partial charge in [-0.2, -0.15) is 0 Å². The fourth-order valence-electron chi connectivity index (χ4n) is 2.53. The van der Waals surface area contributed by atoms with E-state index >= 15 is 0 Å². The highest BCUT2D eigenvalue weighted by Crippen LogP contribution is 2.34. The Balaban J connectivity index is 3.21. The summed E-state index contributed by atoms with van der Waals surface area (Å²) in [5.41, 5.74) is 18.3. The van der Waals surface area contributed by atoms with Crippen LogP contribution < -0.4 is 11.5 Å². The minimum absolute atomic E-state index is 0.460. The van der Waals surface area contributed by atoms with Gasteiger partial charge in [-0.3, -0.25) is 0 Å². The smallest absolute Gasteiger partial charge is 0.0402 e. The fraction of sp³-hybridized carbons (Fsp3) is 0.647. The molecular weight excluding hydrogens is 232 g/mol. The van der Waals surface area contributed by atoms with E-state index in [4.69, 9.17) is 11.5 Å². The molecule has 0 aliphatic heterocycles. The van der Waals surface area contributed by atoms with Crippen molar-refractivity contribution in [3.63, 3.8) is 0 Å². The molecule has 0 saturated heterocycles. The molecule has 0 aliphatic rings. The van der Waals surface area contributed by atoms with Crippen molar-refractivity contribution in [1.29, 1.82) is 0 Å². The van der Waals surface area contributed by atoms with Crippen molar-refractivity contribution in [2.24, 2.45) is 0 Å². The lowest BCUT2D eigenvalue weighted by atomic mass is 9.90. The lowest BCUT2D eigenvalue weighted by Crippen LogP contribution is -2.09. The largest absolute Gasteiger partial charge is 0.398 e. The minimum atomic E-state index is 0.460. The first-order valence-corrected chi connectivity index (χ1v) is 7.72. The van der Waals surface area contributed by atoms with Crippen molar-refractivity contribution in [1.82, 2.24) is 0 Å². The maximum absolute atomic E-state index is 6.35. The van der Waals surface area contributed by atoms with E-state index in [-0.39, 0.29) is 0 Å². The van der Waals surface area contributed by atoms with Gasteiger partial charge in [0, 0.05) is 11.4 Å². The Bertz CT molecular complexity index is 408. The average molecular weight is 262 g/mol. The third-order valence-electron chi connectivity index (χ3n) is 3.84. The molecule has 0 bridgehead atoms. The second-order valence-corrected chi connectivity index (χ2v) is 5.79. The molecule has 0 spiro atoms. The second kappa shape index (κ2) is 7.42. The molecule has 0 saturated carbocycles. The van der Waals surface area contributed by atoms with Crippen LogP contribution in [0.2, 0.25) is 0 Å². The second-order valence-electron chi connectivity index (χ2n) is 5.79. The monoisotopic (exact) mass is 262 g/mol. The van der Waals surface area contributed by atoms with E-state index in [9.17, 15) is 0 Å². The quantitative estimate of drug-likeness (QED) is 0.702. The molecule has 2 nitrogen and oxygen atoms in total. The van der Waals surface area contributed by atoms with E-state index in [2.05, 4.69) is 33.8 Å². The van der Waals surface area contributed by atoms with Crippen molar-refractivity contribution in [2.75, 3.05) is 11.5 Å². The van der Waals surface area contributed by atoms with Gasteiger partial charge in [0.05, 0.1) is 0 Å². The summed E-state index contributed by atoms with van der Waals surface area (Å²) in [5, 5.41) is 0. The zero-order valence-corrected chi connectivity index (χ0v) is 13.1. The molecule has 0 unspecified atom stereocenters. The van der Waals surface area contributed by atoms with Crippen molar-refractivity contribution in [3.05, 3.63) is 22.8 Å². The van der Waals surface area contributed by atoms with Crippen LogP contribution in [0.15, 0.2) is 6.07 Å². The molecule has 0 fully saturated rings. The van der Waals surface area contributed by atoms with Gasteiger partial charge in [0.2, 0.25) is 0 Å². The predicted molar refractivity (Wildman–Crippen MR) is 86.6 cm³/mol. The topological polar surface area (TPSA) is 52.0 Å². The maximum atomic E-state index is 6.35. The molecule has 1 rings (SSSR count). The Morgan fingerprint density at radius 1 is 0.947 bits per heavy atom. The van der Waals surface area contributed by atoms with Crippen LogP contribution in [0.5, 0.6) is 0 Å². The van der Waals surface area contributed by atoms with E-state index in [0.717, 1.165) is 30.6 Å². The van der Waals surface area contributed by atoms with Gasteiger partial charge in [0.25, 0.3) is 0 Å². The Morgan fingerprint density at radius 2 is 1.53 bits per heavy atom. The molecule has 0 radical (unpaired) electrons. The van der Waals surface area contributed by atoms with Crippen LogP contribution in [0, 0.1) is 0 Å². The van der Waals surface area contributed by atoms with Crippen LogP contribution in [-0.4, -0.2) is 0 Å². The van der Waals surface area contributed by atoms with Gasteiger partial charge in [0.1, 0.15) is 0 Å². The Kier molecular flexibility index (Phi) is 6.20. The number of benzene rings is 1. The molecule has 19 heavy (non-hydrogen) atoms.